The third kappa shape index (κ3) is 3.23. The van der Waals surface area contributed by atoms with E-state index in [2.05, 4.69) is 26.6 Å². The number of urea groups is 1. The van der Waals surface area contributed by atoms with Gasteiger partial charge in [0.15, 0.2) is 0 Å². The SMILES string of the molecule is C[C@H](NC(=O)NC1CC1)c1ccc(Br)cc1. The Bertz CT molecular complexity index is 373. The largest absolute Gasteiger partial charge is 0.335 e. The number of hydrogen-bond donors (Lipinski definition) is 2. The van der Waals surface area contributed by atoms with Crippen molar-refractivity contribution in [3.05, 3.63) is 34.3 Å². The van der Waals surface area contributed by atoms with Gasteiger partial charge in [0.2, 0.25) is 0 Å². The number of rotatable bonds is 3. The molecular weight excluding hydrogens is 268 g/mol. The average Bonchev–Trinajstić information content (AvgIpc) is 3.02. The van der Waals surface area contributed by atoms with Gasteiger partial charge >= 0.3 is 6.03 Å². The van der Waals surface area contributed by atoms with Crippen molar-refractivity contribution in [3.63, 3.8) is 0 Å². The summed E-state index contributed by atoms with van der Waals surface area (Å²) < 4.78 is 1.05. The van der Waals surface area contributed by atoms with Gasteiger partial charge in [0.25, 0.3) is 0 Å². The van der Waals surface area contributed by atoms with Crippen LogP contribution in [0.4, 0.5) is 4.79 Å². The monoisotopic (exact) mass is 282 g/mol. The molecule has 1 aromatic carbocycles. The summed E-state index contributed by atoms with van der Waals surface area (Å²) in [5.74, 6) is 0. The van der Waals surface area contributed by atoms with Crippen LogP contribution in [0.5, 0.6) is 0 Å². The second kappa shape index (κ2) is 4.87. The lowest BCUT2D eigenvalue weighted by Gasteiger charge is -2.14. The first-order valence-electron chi connectivity index (χ1n) is 5.47. The molecule has 0 heterocycles. The molecular formula is C12H15BrN2O. The van der Waals surface area contributed by atoms with E-state index in [1.165, 1.54) is 0 Å². The van der Waals surface area contributed by atoms with Crippen LogP contribution in [-0.4, -0.2) is 12.1 Å². The third-order valence-electron chi connectivity index (χ3n) is 2.63. The molecule has 2 amide bonds. The molecule has 0 aromatic heterocycles. The van der Waals surface area contributed by atoms with Gasteiger partial charge in [-0.15, -0.1) is 0 Å². The second-order valence-corrected chi connectivity index (χ2v) is 5.08. The minimum atomic E-state index is -0.0714. The highest BCUT2D eigenvalue weighted by molar-refractivity contribution is 9.10. The van der Waals surface area contributed by atoms with E-state index in [0.717, 1.165) is 22.9 Å². The lowest BCUT2D eigenvalue weighted by Crippen LogP contribution is -2.38. The van der Waals surface area contributed by atoms with Crippen LogP contribution in [-0.2, 0) is 0 Å². The summed E-state index contributed by atoms with van der Waals surface area (Å²) in [7, 11) is 0. The fourth-order valence-electron chi connectivity index (χ4n) is 1.49. The molecule has 86 valence electrons. The molecule has 1 atom stereocenters. The van der Waals surface area contributed by atoms with Gasteiger partial charge in [-0.05, 0) is 37.5 Å². The first-order chi connectivity index (χ1) is 7.65. The van der Waals surface area contributed by atoms with E-state index in [9.17, 15) is 4.79 Å². The van der Waals surface area contributed by atoms with Crippen molar-refractivity contribution in [3.8, 4) is 0 Å². The standard InChI is InChI=1S/C12H15BrN2O/c1-8(9-2-4-10(13)5-3-9)14-12(16)15-11-6-7-11/h2-5,8,11H,6-7H2,1H3,(H2,14,15,16)/t8-/m0/s1. The van der Waals surface area contributed by atoms with E-state index in [0.29, 0.717) is 6.04 Å². The number of carbonyl (C=O) groups excluding carboxylic acids is 1. The Hall–Kier alpha value is -1.03. The van der Waals surface area contributed by atoms with Crippen molar-refractivity contribution in [1.82, 2.24) is 10.6 Å². The Labute approximate surface area is 104 Å². The zero-order valence-corrected chi connectivity index (χ0v) is 10.8. The van der Waals surface area contributed by atoms with Crippen LogP contribution in [0.25, 0.3) is 0 Å². The zero-order valence-electron chi connectivity index (χ0n) is 9.16. The molecule has 2 N–H and O–H groups in total. The van der Waals surface area contributed by atoms with Crippen molar-refractivity contribution in [2.45, 2.75) is 31.8 Å². The highest BCUT2D eigenvalue weighted by Gasteiger charge is 2.23. The molecule has 1 fully saturated rings. The molecule has 1 aliphatic rings. The van der Waals surface area contributed by atoms with Crippen LogP contribution < -0.4 is 10.6 Å². The molecule has 0 radical (unpaired) electrons. The van der Waals surface area contributed by atoms with E-state index in [-0.39, 0.29) is 12.1 Å². The zero-order chi connectivity index (χ0) is 11.5. The maximum atomic E-state index is 11.5. The van der Waals surface area contributed by atoms with Crippen molar-refractivity contribution in [2.75, 3.05) is 0 Å². The summed E-state index contributed by atoms with van der Waals surface area (Å²) in [6.07, 6.45) is 2.22. The van der Waals surface area contributed by atoms with Gasteiger partial charge < -0.3 is 10.6 Å². The molecule has 1 aromatic rings. The number of benzene rings is 1. The van der Waals surface area contributed by atoms with Gasteiger partial charge in [0.05, 0.1) is 6.04 Å². The van der Waals surface area contributed by atoms with Gasteiger partial charge in [-0.25, -0.2) is 4.79 Å². The molecule has 1 saturated carbocycles. The number of amides is 2. The number of hydrogen-bond acceptors (Lipinski definition) is 1. The van der Waals surface area contributed by atoms with Gasteiger partial charge in [0.1, 0.15) is 0 Å². The van der Waals surface area contributed by atoms with Crippen molar-refractivity contribution in [2.24, 2.45) is 0 Å². The van der Waals surface area contributed by atoms with E-state index in [1.807, 2.05) is 31.2 Å². The second-order valence-electron chi connectivity index (χ2n) is 4.17. The molecule has 0 bridgehead atoms. The minimum absolute atomic E-state index is 0.0341. The maximum Gasteiger partial charge on any atom is 0.315 e. The number of nitrogens with one attached hydrogen (secondary N) is 2. The van der Waals surface area contributed by atoms with Crippen molar-refractivity contribution >= 4 is 22.0 Å². The first kappa shape index (κ1) is 11.5. The quantitative estimate of drug-likeness (QED) is 0.879. The summed E-state index contributed by atoms with van der Waals surface area (Å²) in [5.41, 5.74) is 1.11. The molecule has 0 aliphatic heterocycles. The predicted octanol–water partition coefficient (Wildman–Crippen LogP) is 2.97. The van der Waals surface area contributed by atoms with Crippen LogP contribution >= 0.6 is 15.9 Å². The van der Waals surface area contributed by atoms with E-state index >= 15 is 0 Å². The lowest BCUT2D eigenvalue weighted by atomic mass is 10.1. The molecule has 0 unspecified atom stereocenters. The number of halogens is 1. The summed E-state index contributed by atoms with van der Waals surface area (Å²) >= 11 is 3.39. The predicted molar refractivity (Wildman–Crippen MR) is 67.2 cm³/mol. The van der Waals surface area contributed by atoms with Crippen molar-refractivity contribution < 1.29 is 4.79 Å². The van der Waals surface area contributed by atoms with Crippen LogP contribution in [0.15, 0.2) is 28.7 Å². The maximum absolute atomic E-state index is 11.5. The Kier molecular flexibility index (Phi) is 3.49. The molecule has 0 spiro atoms. The topological polar surface area (TPSA) is 41.1 Å². The Morgan fingerprint density at radius 3 is 2.56 bits per heavy atom. The summed E-state index contributed by atoms with van der Waals surface area (Å²) in [5, 5.41) is 5.83. The highest BCUT2D eigenvalue weighted by atomic mass is 79.9. The van der Waals surface area contributed by atoms with Gasteiger partial charge in [-0.1, -0.05) is 28.1 Å². The summed E-state index contributed by atoms with van der Waals surface area (Å²) in [6.45, 7) is 1.98. The molecule has 3 nitrogen and oxygen atoms in total. The molecule has 16 heavy (non-hydrogen) atoms. The normalized spacial score (nSPS) is 16.6. The Balaban J connectivity index is 1.88. The molecule has 0 saturated heterocycles. The summed E-state index contributed by atoms with van der Waals surface area (Å²) in [4.78, 5) is 11.5. The first-order valence-corrected chi connectivity index (χ1v) is 6.27. The molecule has 1 aliphatic carbocycles. The molecule has 2 rings (SSSR count). The fraction of sp³-hybridized carbons (Fsp3) is 0.417. The van der Waals surface area contributed by atoms with Gasteiger partial charge in [-0.2, -0.15) is 0 Å². The van der Waals surface area contributed by atoms with Gasteiger partial charge in [0, 0.05) is 10.5 Å². The molecule has 4 heteroatoms. The van der Waals surface area contributed by atoms with Crippen LogP contribution in [0.2, 0.25) is 0 Å². The fourth-order valence-corrected chi connectivity index (χ4v) is 1.75. The van der Waals surface area contributed by atoms with Gasteiger partial charge in [-0.3, -0.25) is 0 Å². The van der Waals surface area contributed by atoms with Crippen LogP contribution in [0.3, 0.4) is 0 Å². The average molecular weight is 283 g/mol. The van der Waals surface area contributed by atoms with Crippen LogP contribution in [0.1, 0.15) is 31.4 Å². The number of carbonyl (C=O) groups is 1. The summed E-state index contributed by atoms with van der Waals surface area (Å²) in [6, 6.07) is 8.33. The smallest absolute Gasteiger partial charge is 0.315 e. The highest BCUT2D eigenvalue weighted by Crippen LogP contribution is 2.19. The van der Waals surface area contributed by atoms with Crippen molar-refractivity contribution in [1.29, 1.82) is 0 Å². The van der Waals surface area contributed by atoms with E-state index < -0.39 is 0 Å². The van der Waals surface area contributed by atoms with E-state index in [1.54, 1.807) is 0 Å². The van der Waals surface area contributed by atoms with Crippen LogP contribution in [0, 0.1) is 0 Å². The minimum Gasteiger partial charge on any atom is -0.335 e. The Morgan fingerprint density at radius 2 is 2.00 bits per heavy atom. The lowest BCUT2D eigenvalue weighted by molar-refractivity contribution is 0.237. The van der Waals surface area contributed by atoms with E-state index in [4.69, 9.17) is 0 Å². The Morgan fingerprint density at radius 1 is 1.38 bits per heavy atom. The third-order valence-corrected chi connectivity index (χ3v) is 3.16.